The number of carbonyl (C=O) groups excluding carboxylic acids is 1. The van der Waals surface area contributed by atoms with E-state index in [-0.39, 0.29) is 5.78 Å². The first-order valence-electron chi connectivity index (χ1n) is 5.97. The Labute approximate surface area is 107 Å². The molecular formula is C14H18N2O2. The number of H-pyrrole nitrogens is 1. The van der Waals surface area contributed by atoms with Crippen LogP contribution in [0.15, 0.2) is 24.3 Å². The summed E-state index contributed by atoms with van der Waals surface area (Å²) in [5, 5.41) is 1.00. The summed E-state index contributed by atoms with van der Waals surface area (Å²) in [6.07, 6.45) is 0. The highest BCUT2D eigenvalue weighted by atomic mass is 16.5. The molecule has 1 aromatic carbocycles. The number of hydrogen-bond acceptors (Lipinski definition) is 3. The van der Waals surface area contributed by atoms with Gasteiger partial charge in [-0.1, -0.05) is 0 Å². The van der Waals surface area contributed by atoms with Gasteiger partial charge < -0.3 is 14.6 Å². The van der Waals surface area contributed by atoms with E-state index in [1.807, 2.05) is 38.4 Å². The molecule has 2 aromatic rings. The molecule has 1 heterocycles. The van der Waals surface area contributed by atoms with Crippen LogP contribution in [-0.2, 0) is 0 Å². The molecule has 1 aromatic heterocycles. The van der Waals surface area contributed by atoms with Crippen LogP contribution in [0.1, 0.15) is 17.4 Å². The van der Waals surface area contributed by atoms with E-state index in [1.54, 1.807) is 6.92 Å². The van der Waals surface area contributed by atoms with Crippen molar-refractivity contribution in [1.29, 1.82) is 0 Å². The lowest BCUT2D eigenvalue weighted by molar-refractivity contribution is 0.101. The number of fused-ring (bicyclic) bond motifs is 1. The lowest BCUT2D eigenvalue weighted by Crippen LogP contribution is -2.19. The number of nitrogens with one attached hydrogen (secondary N) is 1. The Kier molecular flexibility index (Phi) is 3.67. The number of carbonyl (C=O) groups is 1. The van der Waals surface area contributed by atoms with Gasteiger partial charge in [-0.05, 0) is 38.4 Å². The molecule has 96 valence electrons. The molecule has 0 unspecified atom stereocenters. The van der Waals surface area contributed by atoms with Gasteiger partial charge in [0.05, 0.1) is 5.69 Å². The van der Waals surface area contributed by atoms with E-state index in [9.17, 15) is 4.79 Å². The normalized spacial score (nSPS) is 11.1. The molecule has 4 heteroatoms. The van der Waals surface area contributed by atoms with E-state index in [2.05, 4.69) is 9.88 Å². The summed E-state index contributed by atoms with van der Waals surface area (Å²) in [5.74, 6) is 0.875. The average Bonchev–Trinajstić information content (AvgIpc) is 2.71. The number of aromatic amines is 1. The molecule has 0 atom stereocenters. The Bertz CT molecular complexity index is 558. The van der Waals surface area contributed by atoms with Gasteiger partial charge in [0.25, 0.3) is 0 Å². The summed E-state index contributed by atoms with van der Waals surface area (Å²) < 4.78 is 5.65. The monoisotopic (exact) mass is 246 g/mol. The molecule has 0 saturated carbocycles. The molecule has 0 bridgehead atoms. The zero-order valence-corrected chi connectivity index (χ0v) is 11.0. The van der Waals surface area contributed by atoms with Crippen molar-refractivity contribution in [3.8, 4) is 5.75 Å². The van der Waals surface area contributed by atoms with Crippen LogP contribution in [0.25, 0.3) is 10.9 Å². The Morgan fingerprint density at radius 2 is 2.11 bits per heavy atom. The summed E-state index contributed by atoms with van der Waals surface area (Å²) in [7, 11) is 4.02. The van der Waals surface area contributed by atoms with E-state index in [0.717, 1.165) is 23.2 Å². The van der Waals surface area contributed by atoms with Crippen molar-refractivity contribution in [2.45, 2.75) is 6.92 Å². The maximum absolute atomic E-state index is 11.3. The topological polar surface area (TPSA) is 45.3 Å². The van der Waals surface area contributed by atoms with Crippen LogP contribution in [0.2, 0.25) is 0 Å². The van der Waals surface area contributed by atoms with Gasteiger partial charge in [0.1, 0.15) is 12.4 Å². The number of hydrogen-bond donors (Lipinski definition) is 1. The zero-order chi connectivity index (χ0) is 13.1. The van der Waals surface area contributed by atoms with Gasteiger partial charge in [-0.2, -0.15) is 0 Å². The second kappa shape index (κ2) is 5.23. The van der Waals surface area contributed by atoms with Gasteiger partial charge in [0.15, 0.2) is 5.78 Å². The average molecular weight is 246 g/mol. The second-order valence-electron chi connectivity index (χ2n) is 4.64. The summed E-state index contributed by atoms with van der Waals surface area (Å²) in [6.45, 7) is 3.09. The van der Waals surface area contributed by atoms with Crippen molar-refractivity contribution < 1.29 is 9.53 Å². The number of Topliss-reactive ketones (excluding diaryl/α,β-unsaturated/α-hetero) is 1. The van der Waals surface area contributed by atoms with Gasteiger partial charge in [-0.25, -0.2) is 0 Å². The lowest BCUT2D eigenvalue weighted by atomic mass is 10.2. The molecule has 0 fully saturated rings. The van der Waals surface area contributed by atoms with Crippen LogP contribution in [0.3, 0.4) is 0 Å². The van der Waals surface area contributed by atoms with Crippen LogP contribution in [-0.4, -0.2) is 42.9 Å². The number of rotatable bonds is 5. The third-order valence-corrected chi connectivity index (χ3v) is 2.78. The minimum Gasteiger partial charge on any atom is -0.492 e. The van der Waals surface area contributed by atoms with Crippen LogP contribution >= 0.6 is 0 Å². The van der Waals surface area contributed by atoms with E-state index in [1.165, 1.54) is 0 Å². The molecule has 0 radical (unpaired) electrons. The molecule has 0 aliphatic rings. The van der Waals surface area contributed by atoms with Gasteiger partial charge in [-0.15, -0.1) is 0 Å². The molecule has 4 nitrogen and oxygen atoms in total. The number of benzene rings is 1. The predicted molar refractivity (Wildman–Crippen MR) is 72.4 cm³/mol. The third kappa shape index (κ3) is 2.90. The first kappa shape index (κ1) is 12.6. The summed E-state index contributed by atoms with van der Waals surface area (Å²) in [4.78, 5) is 16.4. The van der Waals surface area contributed by atoms with Crippen molar-refractivity contribution in [2.75, 3.05) is 27.2 Å². The molecule has 2 rings (SSSR count). The van der Waals surface area contributed by atoms with Crippen LogP contribution in [0.5, 0.6) is 5.75 Å². The van der Waals surface area contributed by atoms with E-state index < -0.39 is 0 Å². The molecule has 18 heavy (non-hydrogen) atoms. The summed E-state index contributed by atoms with van der Waals surface area (Å²) in [6, 6.07) is 7.66. The van der Waals surface area contributed by atoms with Crippen molar-refractivity contribution >= 4 is 16.7 Å². The Morgan fingerprint density at radius 1 is 1.33 bits per heavy atom. The summed E-state index contributed by atoms with van der Waals surface area (Å²) >= 11 is 0. The highest BCUT2D eigenvalue weighted by Gasteiger charge is 2.05. The number of ether oxygens (including phenoxy) is 1. The molecule has 0 aliphatic carbocycles. The third-order valence-electron chi connectivity index (χ3n) is 2.78. The quantitative estimate of drug-likeness (QED) is 0.823. The Hall–Kier alpha value is -1.81. The zero-order valence-electron chi connectivity index (χ0n) is 11.0. The van der Waals surface area contributed by atoms with Gasteiger partial charge in [0.2, 0.25) is 0 Å². The van der Waals surface area contributed by atoms with Crippen LogP contribution in [0.4, 0.5) is 0 Å². The largest absolute Gasteiger partial charge is 0.492 e. The van der Waals surface area contributed by atoms with Crippen LogP contribution in [0, 0.1) is 0 Å². The number of ketones is 1. The first-order valence-corrected chi connectivity index (χ1v) is 5.97. The highest BCUT2D eigenvalue weighted by molar-refractivity contribution is 5.98. The fourth-order valence-corrected chi connectivity index (χ4v) is 1.74. The predicted octanol–water partition coefficient (Wildman–Crippen LogP) is 2.31. The summed E-state index contributed by atoms with van der Waals surface area (Å²) in [5.41, 5.74) is 1.59. The van der Waals surface area contributed by atoms with Crippen LogP contribution < -0.4 is 4.74 Å². The SMILES string of the molecule is CC(=O)c1cc2cc(OCCN(C)C)ccc2[nH]1. The molecule has 1 N–H and O–H groups in total. The standard InChI is InChI=1S/C14H18N2O2/c1-10(17)14-9-11-8-12(4-5-13(11)15-14)18-7-6-16(2)3/h4-5,8-9,15H,6-7H2,1-3H3. The van der Waals surface area contributed by atoms with Gasteiger partial charge in [0, 0.05) is 24.4 Å². The second-order valence-corrected chi connectivity index (χ2v) is 4.64. The minimum atomic E-state index is 0.0428. The van der Waals surface area contributed by atoms with Gasteiger partial charge >= 0.3 is 0 Å². The molecule has 0 saturated heterocycles. The molecule has 0 spiro atoms. The lowest BCUT2D eigenvalue weighted by Gasteiger charge is -2.10. The van der Waals surface area contributed by atoms with Crippen molar-refractivity contribution in [3.05, 3.63) is 30.0 Å². The van der Waals surface area contributed by atoms with Gasteiger partial charge in [-0.3, -0.25) is 4.79 Å². The molecule has 0 aliphatic heterocycles. The fraction of sp³-hybridized carbons (Fsp3) is 0.357. The van der Waals surface area contributed by atoms with E-state index >= 15 is 0 Å². The molecule has 0 amide bonds. The Balaban J connectivity index is 2.14. The van der Waals surface area contributed by atoms with Crippen molar-refractivity contribution in [3.63, 3.8) is 0 Å². The van der Waals surface area contributed by atoms with Crippen molar-refractivity contribution in [2.24, 2.45) is 0 Å². The maximum Gasteiger partial charge on any atom is 0.175 e. The molecular weight excluding hydrogens is 228 g/mol. The van der Waals surface area contributed by atoms with E-state index in [0.29, 0.717) is 12.3 Å². The smallest absolute Gasteiger partial charge is 0.175 e. The number of nitrogens with zero attached hydrogens (tertiary/aromatic N) is 1. The first-order chi connectivity index (χ1) is 8.56. The number of aromatic nitrogens is 1. The number of likely N-dealkylation sites (N-methyl/N-ethyl adjacent to an activating group) is 1. The highest BCUT2D eigenvalue weighted by Crippen LogP contribution is 2.21. The van der Waals surface area contributed by atoms with E-state index in [4.69, 9.17) is 4.74 Å². The minimum absolute atomic E-state index is 0.0428. The maximum atomic E-state index is 11.3. The van der Waals surface area contributed by atoms with Crippen molar-refractivity contribution in [1.82, 2.24) is 9.88 Å². The Morgan fingerprint density at radius 3 is 2.78 bits per heavy atom. The fourth-order valence-electron chi connectivity index (χ4n) is 1.74.